The molecule has 42 heavy (non-hydrogen) atoms. The summed E-state index contributed by atoms with van der Waals surface area (Å²) >= 11 is 0. The largest absolute Gasteiger partial charge is 0.379 e. The van der Waals surface area contributed by atoms with Crippen molar-refractivity contribution in [3.63, 3.8) is 0 Å². The summed E-state index contributed by atoms with van der Waals surface area (Å²) in [6, 6.07) is 0. The molecule has 0 N–H and O–H groups in total. The Morgan fingerprint density at radius 2 is 0.595 bits per heavy atom. The Labute approximate surface area is 254 Å². The van der Waals surface area contributed by atoms with E-state index in [0.717, 1.165) is 13.0 Å². The maximum absolute atomic E-state index is 5.53. The van der Waals surface area contributed by atoms with Gasteiger partial charge in [-0.3, -0.25) is 0 Å². The minimum atomic E-state index is 0.517. The molecule has 0 saturated heterocycles. The zero-order valence-corrected chi connectivity index (χ0v) is 26.4. The number of hydrogen-bond acceptors (Lipinski definition) is 12. The average Bonchev–Trinajstić information content (AvgIpc) is 3.00. The lowest BCUT2D eigenvalue weighted by Crippen LogP contribution is -2.15. The third-order valence-corrected chi connectivity index (χ3v) is 5.43. The zero-order valence-electron chi connectivity index (χ0n) is 26.4. The molecule has 12 nitrogen and oxygen atoms in total. The van der Waals surface area contributed by atoms with Gasteiger partial charge in [-0.05, 0) is 5.92 Å². The van der Waals surface area contributed by atoms with Gasteiger partial charge in [0.1, 0.15) is 0 Å². The highest BCUT2D eigenvalue weighted by Crippen LogP contribution is 2.00. The average molecular weight is 613 g/mol. The Morgan fingerprint density at radius 3 is 0.810 bits per heavy atom. The maximum atomic E-state index is 5.53. The van der Waals surface area contributed by atoms with E-state index in [2.05, 4.69) is 20.4 Å². The summed E-state index contributed by atoms with van der Waals surface area (Å²) in [6.45, 7) is 21.1. The fraction of sp³-hybridized carbons (Fsp3) is 0.933. The van der Waals surface area contributed by atoms with Crippen molar-refractivity contribution in [3.8, 4) is 0 Å². The van der Waals surface area contributed by atoms with Crippen LogP contribution >= 0.6 is 0 Å². The molecule has 1 unspecified atom stereocenters. The van der Waals surface area contributed by atoms with E-state index in [1.54, 1.807) is 6.08 Å². The van der Waals surface area contributed by atoms with Crippen LogP contribution in [0.4, 0.5) is 0 Å². The first-order valence-electron chi connectivity index (χ1n) is 15.3. The van der Waals surface area contributed by atoms with Crippen LogP contribution in [0.1, 0.15) is 20.3 Å². The van der Waals surface area contributed by atoms with Crippen molar-refractivity contribution in [2.24, 2.45) is 5.92 Å². The highest BCUT2D eigenvalue weighted by atomic mass is 16.6. The summed E-state index contributed by atoms with van der Waals surface area (Å²) in [5.41, 5.74) is 0. The van der Waals surface area contributed by atoms with Crippen molar-refractivity contribution in [1.82, 2.24) is 0 Å². The van der Waals surface area contributed by atoms with Crippen LogP contribution in [-0.2, 0) is 56.8 Å². The van der Waals surface area contributed by atoms with Crippen LogP contribution < -0.4 is 0 Å². The molecule has 0 aromatic carbocycles. The minimum absolute atomic E-state index is 0.517. The van der Waals surface area contributed by atoms with Crippen molar-refractivity contribution in [2.75, 3.05) is 159 Å². The van der Waals surface area contributed by atoms with Crippen molar-refractivity contribution in [2.45, 2.75) is 20.3 Å². The Morgan fingerprint density at radius 1 is 0.381 bits per heavy atom. The van der Waals surface area contributed by atoms with Crippen molar-refractivity contribution in [3.05, 3.63) is 12.7 Å². The smallest absolute Gasteiger partial charge is 0.0704 e. The molecule has 0 aliphatic carbocycles. The minimum Gasteiger partial charge on any atom is -0.379 e. The van der Waals surface area contributed by atoms with Gasteiger partial charge in [-0.25, -0.2) is 0 Å². The molecule has 12 heteroatoms. The van der Waals surface area contributed by atoms with Crippen molar-refractivity contribution < 1.29 is 56.8 Å². The molecule has 0 aliphatic heterocycles. The van der Waals surface area contributed by atoms with E-state index in [0.29, 0.717) is 158 Å². The first kappa shape index (κ1) is 41.3. The van der Waals surface area contributed by atoms with E-state index in [-0.39, 0.29) is 0 Å². The molecule has 252 valence electrons. The second kappa shape index (κ2) is 38.3. The fourth-order valence-electron chi connectivity index (χ4n) is 2.89. The lowest BCUT2D eigenvalue weighted by molar-refractivity contribution is -0.0284. The maximum Gasteiger partial charge on any atom is 0.0704 e. The molecule has 0 aromatic heterocycles. The Kier molecular flexibility index (Phi) is 37.6. The molecule has 1 atom stereocenters. The van der Waals surface area contributed by atoms with Gasteiger partial charge >= 0.3 is 0 Å². The Hall–Kier alpha value is -0.740. The third-order valence-electron chi connectivity index (χ3n) is 5.43. The lowest BCUT2D eigenvalue weighted by atomic mass is 10.1. The van der Waals surface area contributed by atoms with Gasteiger partial charge in [0.15, 0.2) is 0 Å². The zero-order chi connectivity index (χ0) is 30.4. The SMILES string of the molecule is C=CCOCCOCCOCCOCCOCCOCCOCCOCCOCCOCCOCCOCC(C)CC. The van der Waals surface area contributed by atoms with E-state index in [1.165, 1.54) is 0 Å². The second-order valence-corrected chi connectivity index (χ2v) is 9.08. The summed E-state index contributed by atoms with van der Waals surface area (Å²) in [7, 11) is 0. The molecule has 0 fully saturated rings. The van der Waals surface area contributed by atoms with Crippen LogP contribution in [0.3, 0.4) is 0 Å². The summed E-state index contributed by atoms with van der Waals surface area (Å²) in [5.74, 6) is 0.599. The molecule has 0 bridgehead atoms. The third kappa shape index (κ3) is 37.3. The quantitative estimate of drug-likeness (QED) is 0.0754. The van der Waals surface area contributed by atoms with E-state index in [1.807, 2.05) is 0 Å². The molecule has 0 spiro atoms. The van der Waals surface area contributed by atoms with Crippen LogP contribution in [-0.4, -0.2) is 159 Å². The predicted molar refractivity (Wildman–Crippen MR) is 159 cm³/mol. The standard InChI is InChI=1S/C30H60O12/c1-4-6-31-7-8-32-9-10-33-11-12-34-13-14-35-15-16-36-17-18-37-19-20-38-21-22-39-23-24-40-25-26-41-27-28-42-29-30(3)5-2/h4,30H,1,5-29H2,2-3H3. The Balaban J connectivity index is 3.04. The summed E-state index contributed by atoms with van der Waals surface area (Å²) in [4.78, 5) is 0. The number of hydrogen-bond donors (Lipinski definition) is 0. The van der Waals surface area contributed by atoms with Crippen molar-refractivity contribution in [1.29, 1.82) is 0 Å². The van der Waals surface area contributed by atoms with Crippen LogP contribution in [0.2, 0.25) is 0 Å². The van der Waals surface area contributed by atoms with Gasteiger partial charge in [-0.15, -0.1) is 6.58 Å². The van der Waals surface area contributed by atoms with Gasteiger partial charge in [0.05, 0.1) is 152 Å². The van der Waals surface area contributed by atoms with Crippen LogP contribution in [0.15, 0.2) is 12.7 Å². The summed E-state index contributed by atoms with van der Waals surface area (Å²) < 4.78 is 65.3. The van der Waals surface area contributed by atoms with Gasteiger partial charge in [0.2, 0.25) is 0 Å². The fourth-order valence-corrected chi connectivity index (χ4v) is 2.89. The first-order valence-corrected chi connectivity index (χ1v) is 15.3. The highest BCUT2D eigenvalue weighted by molar-refractivity contribution is 4.63. The molecule has 0 aromatic rings. The van der Waals surface area contributed by atoms with Gasteiger partial charge in [0, 0.05) is 6.61 Å². The first-order chi connectivity index (χ1) is 20.8. The predicted octanol–water partition coefficient (Wildman–Crippen LogP) is 2.42. The van der Waals surface area contributed by atoms with Gasteiger partial charge in [0.25, 0.3) is 0 Å². The van der Waals surface area contributed by atoms with Crippen molar-refractivity contribution >= 4 is 0 Å². The summed E-state index contributed by atoms with van der Waals surface area (Å²) in [5, 5.41) is 0. The molecule has 0 saturated carbocycles. The molecule has 0 amide bonds. The second-order valence-electron chi connectivity index (χ2n) is 9.08. The normalized spacial score (nSPS) is 12.2. The Bertz CT molecular complexity index is 501. The van der Waals surface area contributed by atoms with Gasteiger partial charge < -0.3 is 56.8 Å². The molecule has 0 radical (unpaired) electrons. The number of rotatable bonds is 38. The molecule has 0 aliphatic rings. The lowest BCUT2D eigenvalue weighted by Gasteiger charge is -2.10. The van der Waals surface area contributed by atoms with Crippen LogP contribution in [0.25, 0.3) is 0 Å². The van der Waals surface area contributed by atoms with E-state index in [4.69, 9.17) is 56.8 Å². The van der Waals surface area contributed by atoms with Gasteiger partial charge in [-0.2, -0.15) is 0 Å². The molecular formula is C30H60O12. The van der Waals surface area contributed by atoms with Crippen LogP contribution in [0, 0.1) is 5.92 Å². The van der Waals surface area contributed by atoms with Crippen LogP contribution in [0.5, 0.6) is 0 Å². The molecular weight excluding hydrogens is 552 g/mol. The number of ether oxygens (including phenoxy) is 12. The summed E-state index contributed by atoms with van der Waals surface area (Å²) in [6.07, 6.45) is 2.85. The monoisotopic (exact) mass is 612 g/mol. The van der Waals surface area contributed by atoms with E-state index < -0.39 is 0 Å². The molecule has 0 rings (SSSR count). The topological polar surface area (TPSA) is 111 Å². The highest BCUT2D eigenvalue weighted by Gasteiger charge is 1.99. The molecule has 0 heterocycles. The van der Waals surface area contributed by atoms with Gasteiger partial charge in [-0.1, -0.05) is 26.3 Å². The van der Waals surface area contributed by atoms with E-state index >= 15 is 0 Å². The van der Waals surface area contributed by atoms with E-state index in [9.17, 15) is 0 Å².